The molecule has 1 aromatic rings. The normalized spacial score (nSPS) is 15.9. The molecule has 1 saturated heterocycles. The third-order valence-corrected chi connectivity index (χ3v) is 2.71. The Balaban J connectivity index is 2.28. The highest BCUT2D eigenvalue weighted by Gasteiger charge is 2.20. The van der Waals surface area contributed by atoms with E-state index >= 15 is 0 Å². The summed E-state index contributed by atoms with van der Waals surface area (Å²) in [6.45, 7) is 1.85. The lowest BCUT2D eigenvalue weighted by Gasteiger charge is -2.28. The lowest BCUT2D eigenvalue weighted by Crippen LogP contribution is -2.31. The molecule has 0 spiro atoms. The van der Waals surface area contributed by atoms with Gasteiger partial charge in [0.05, 0.1) is 7.11 Å². The average Bonchev–Trinajstić information content (AvgIpc) is 2.39. The first-order chi connectivity index (χ1) is 7.83. The van der Waals surface area contributed by atoms with Crippen LogP contribution in [0.15, 0.2) is 6.20 Å². The van der Waals surface area contributed by atoms with Gasteiger partial charge < -0.3 is 9.64 Å². The number of hydrogen-bond acceptors (Lipinski definition) is 5. The maximum absolute atomic E-state index is 11.5. The number of carbonyl (C=O) groups excluding carboxylic acids is 1. The van der Waals surface area contributed by atoms with Gasteiger partial charge in [-0.05, 0) is 19.3 Å². The van der Waals surface area contributed by atoms with Crippen molar-refractivity contribution in [1.29, 1.82) is 0 Å². The van der Waals surface area contributed by atoms with E-state index in [4.69, 9.17) is 4.74 Å². The number of ether oxygens (including phenoxy) is 1. The lowest BCUT2D eigenvalue weighted by atomic mass is 10.1. The standard InChI is InChI=1S/C11H14N3O2/c1-16-11(15)9-7-12-8-13-10(9)14-5-3-2-4-6-14/h7H,2-6H2,1H3. The number of nitrogens with zero attached hydrogens (tertiary/aromatic N) is 3. The van der Waals surface area contributed by atoms with E-state index in [9.17, 15) is 4.79 Å². The molecule has 0 bridgehead atoms. The van der Waals surface area contributed by atoms with Crippen LogP contribution in [0.2, 0.25) is 0 Å². The Morgan fingerprint density at radius 1 is 1.44 bits per heavy atom. The summed E-state index contributed by atoms with van der Waals surface area (Å²) in [4.78, 5) is 21.4. The van der Waals surface area contributed by atoms with Crippen molar-refractivity contribution in [3.05, 3.63) is 18.1 Å². The van der Waals surface area contributed by atoms with Crippen LogP contribution in [0.1, 0.15) is 29.6 Å². The highest BCUT2D eigenvalue weighted by Crippen LogP contribution is 2.21. The summed E-state index contributed by atoms with van der Waals surface area (Å²) in [5.74, 6) is 0.246. The Bertz CT molecular complexity index is 375. The van der Waals surface area contributed by atoms with E-state index in [1.165, 1.54) is 19.7 Å². The molecule has 16 heavy (non-hydrogen) atoms. The van der Waals surface area contributed by atoms with Crippen LogP contribution >= 0.6 is 0 Å². The van der Waals surface area contributed by atoms with Gasteiger partial charge in [-0.25, -0.2) is 14.8 Å². The number of esters is 1. The van der Waals surface area contributed by atoms with Gasteiger partial charge in [0, 0.05) is 19.3 Å². The highest BCUT2D eigenvalue weighted by atomic mass is 16.5. The highest BCUT2D eigenvalue weighted by molar-refractivity contribution is 5.94. The molecule has 1 fully saturated rings. The molecule has 1 aliphatic heterocycles. The third-order valence-electron chi connectivity index (χ3n) is 2.71. The predicted octanol–water partition coefficient (Wildman–Crippen LogP) is 1.05. The zero-order chi connectivity index (χ0) is 11.4. The predicted molar refractivity (Wildman–Crippen MR) is 58.3 cm³/mol. The monoisotopic (exact) mass is 220 g/mol. The lowest BCUT2D eigenvalue weighted by molar-refractivity contribution is 0.0600. The number of aromatic nitrogens is 2. The fourth-order valence-electron chi connectivity index (χ4n) is 1.89. The zero-order valence-corrected chi connectivity index (χ0v) is 9.27. The van der Waals surface area contributed by atoms with Crippen LogP contribution in [-0.2, 0) is 4.74 Å². The van der Waals surface area contributed by atoms with Crippen molar-refractivity contribution in [1.82, 2.24) is 9.97 Å². The minimum Gasteiger partial charge on any atom is -0.465 e. The summed E-state index contributed by atoms with van der Waals surface area (Å²) in [6.07, 6.45) is 7.48. The Morgan fingerprint density at radius 3 is 2.88 bits per heavy atom. The van der Waals surface area contributed by atoms with Crippen molar-refractivity contribution in [2.24, 2.45) is 0 Å². The van der Waals surface area contributed by atoms with Gasteiger partial charge in [-0.2, -0.15) is 0 Å². The molecule has 2 rings (SSSR count). The van der Waals surface area contributed by atoms with Gasteiger partial charge >= 0.3 is 5.97 Å². The maximum atomic E-state index is 11.5. The van der Waals surface area contributed by atoms with Crippen molar-refractivity contribution in [2.45, 2.75) is 19.3 Å². The van der Waals surface area contributed by atoms with E-state index in [0.29, 0.717) is 11.4 Å². The number of piperidine rings is 1. The zero-order valence-electron chi connectivity index (χ0n) is 9.27. The number of carbonyl (C=O) groups is 1. The summed E-state index contributed by atoms with van der Waals surface area (Å²) in [5, 5.41) is 0. The summed E-state index contributed by atoms with van der Waals surface area (Å²) >= 11 is 0. The van der Waals surface area contributed by atoms with Gasteiger partial charge in [-0.15, -0.1) is 0 Å². The van der Waals surface area contributed by atoms with Crippen LogP contribution in [0.4, 0.5) is 5.82 Å². The Morgan fingerprint density at radius 2 is 2.19 bits per heavy atom. The third kappa shape index (κ3) is 2.13. The van der Waals surface area contributed by atoms with E-state index in [-0.39, 0.29) is 0 Å². The number of hydrogen-bond donors (Lipinski definition) is 0. The molecule has 0 amide bonds. The molecule has 2 heterocycles. The molecule has 0 aliphatic carbocycles. The van der Waals surface area contributed by atoms with E-state index in [2.05, 4.69) is 21.2 Å². The SMILES string of the molecule is COC(=O)c1cn[c]nc1N1CCCCC1. The molecule has 5 nitrogen and oxygen atoms in total. The summed E-state index contributed by atoms with van der Waals surface area (Å²) < 4.78 is 4.71. The Hall–Kier alpha value is -1.65. The fraction of sp³-hybridized carbons (Fsp3) is 0.545. The second-order valence-electron chi connectivity index (χ2n) is 3.75. The van der Waals surface area contributed by atoms with Gasteiger partial charge in [-0.1, -0.05) is 0 Å². The minimum absolute atomic E-state index is 0.394. The van der Waals surface area contributed by atoms with Gasteiger partial charge in [0.15, 0.2) is 6.33 Å². The summed E-state index contributed by atoms with van der Waals surface area (Å²) in [7, 11) is 1.36. The molecule has 0 atom stereocenters. The summed E-state index contributed by atoms with van der Waals surface area (Å²) in [5.41, 5.74) is 0.420. The number of methoxy groups -OCH3 is 1. The van der Waals surface area contributed by atoms with Crippen molar-refractivity contribution < 1.29 is 9.53 Å². The van der Waals surface area contributed by atoms with Crippen molar-refractivity contribution in [3.8, 4) is 0 Å². The molecule has 85 valence electrons. The van der Waals surface area contributed by atoms with Gasteiger partial charge in [0.2, 0.25) is 0 Å². The Kier molecular flexibility index (Phi) is 3.34. The average molecular weight is 220 g/mol. The van der Waals surface area contributed by atoms with Gasteiger partial charge in [0.25, 0.3) is 0 Å². The molecule has 1 aromatic heterocycles. The van der Waals surface area contributed by atoms with E-state index in [1.807, 2.05) is 0 Å². The smallest absolute Gasteiger partial charge is 0.343 e. The molecule has 0 N–H and O–H groups in total. The molecule has 5 heteroatoms. The molecule has 0 unspecified atom stereocenters. The van der Waals surface area contributed by atoms with Crippen LogP contribution in [0.5, 0.6) is 0 Å². The van der Waals surface area contributed by atoms with Crippen LogP contribution in [0, 0.1) is 6.33 Å². The largest absolute Gasteiger partial charge is 0.465 e. The van der Waals surface area contributed by atoms with E-state index in [1.54, 1.807) is 0 Å². The minimum atomic E-state index is -0.394. The van der Waals surface area contributed by atoms with Crippen LogP contribution in [0.25, 0.3) is 0 Å². The molecule has 0 aromatic carbocycles. The topological polar surface area (TPSA) is 55.3 Å². The first kappa shape index (κ1) is 10.9. The number of anilines is 1. The summed E-state index contributed by atoms with van der Waals surface area (Å²) in [6, 6.07) is 0. The second-order valence-corrected chi connectivity index (χ2v) is 3.75. The molecular weight excluding hydrogens is 206 g/mol. The van der Waals surface area contributed by atoms with Gasteiger partial charge in [-0.3, -0.25) is 0 Å². The molecule has 1 aliphatic rings. The molecule has 0 saturated carbocycles. The first-order valence-corrected chi connectivity index (χ1v) is 5.39. The van der Waals surface area contributed by atoms with Crippen molar-refractivity contribution >= 4 is 11.8 Å². The quantitative estimate of drug-likeness (QED) is 0.697. The van der Waals surface area contributed by atoms with Crippen LogP contribution < -0.4 is 4.90 Å². The van der Waals surface area contributed by atoms with Crippen LogP contribution in [0.3, 0.4) is 0 Å². The fourth-order valence-corrected chi connectivity index (χ4v) is 1.89. The van der Waals surface area contributed by atoms with Crippen LogP contribution in [-0.4, -0.2) is 36.1 Å². The maximum Gasteiger partial charge on any atom is 0.343 e. The van der Waals surface area contributed by atoms with Crippen molar-refractivity contribution in [2.75, 3.05) is 25.1 Å². The van der Waals surface area contributed by atoms with Crippen molar-refractivity contribution in [3.63, 3.8) is 0 Å². The molecular formula is C11H14N3O2. The first-order valence-electron chi connectivity index (χ1n) is 5.39. The van der Waals surface area contributed by atoms with Gasteiger partial charge in [0.1, 0.15) is 11.4 Å². The number of rotatable bonds is 2. The Labute approximate surface area is 94.5 Å². The van der Waals surface area contributed by atoms with E-state index in [0.717, 1.165) is 25.9 Å². The van der Waals surface area contributed by atoms with E-state index < -0.39 is 5.97 Å². The second kappa shape index (κ2) is 4.92. The molecule has 1 radical (unpaired) electrons.